The van der Waals surface area contributed by atoms with Crippen molar-refractivity contribution in [3.63, 3.8) is 0 Å². The summed E-state index contributed by atoms with van der Waals surface area (Å²) in [7, 11) is 0.366. The minimum Gasteiger partial charge on any atom is -0.382 e. The SMILES string of the molecule is COCC(F)CN(C)S(=O)(=O)Nc1ccc2ccc3ncc(-c4cnn(C)c4)cc3c(=O)c2c1. The summed E-state index contributed by atoms with van der Waals surface area (Å²) in [6.07, 6.45) is 3.72. The molecule has 4 rings (SSSR count). The first-order valence-corrected chi connectivity index (χ1v) is 11.8. The molecule has 11 heteroatoms. The highest BCUT2D eigenvalue weighted by atomic mass is 32.2. The third-order valence-electron chi connectivity index (χ3n) is 5.38. The molecule has 2 aromatic heterocycles. The molecule has 0 saturated carbocycles. The Hall–Kier alpha value is -3.41. The van der Waals surface area contributed by atoms with E-state index in [0.29, 0.717) is 21.7 Å². The van der Waals surface area contributed by atoms with E-state index in [1.165, 1.54) is 20.2 Å². The highest BCUT2D eigenvalue weighted by molar-refractivity contribution is 7.90. The number of anilines is 1. The Morgan fingerprint density at radius 2 is 1.91 bits per heavy atom. The van der Waals surface area contributed by atoms with Gasteiger partial charge in [0, 0.05) is 62.0 Å². The first-order chi connectivity index (χ1) is 16.2. The molecule has 0 bridgehead atoms. The van der Waals surface area contributed by atoms with E-state index < -0.39 is 16.4 Å². The van der Waals surface area contributed by atoms with Crippen LogP contribution in [0.4, 0.5) is 10.1 Å². The summed E-state index contributed by atoms with van der Waals surface area (Å²) < 4.78 is 48.8. The number of aryl methyl sites for hydroxylation is 1. The molecule has 0 aliphatic rings. The van der Waals surface area contributed by atoms with Gasteiger partial charge in [0.2, 0.25) is 0 Å². The maximum Gasteiger partial charge on any atom is 0.301 e. The second-order valence-electron chi connectivity index (χ2n) is 7.96. The number of ether oxygens (including phenoxy) is 1. The molecular formula is C23H24FN5O4S. The van der Waals surface area contributed by atoms with Gasteiger partial charge in [-0.05, 0) is 29.7 Å². The van der Waals surface area contributed by atoms with Gasteiger partial charge in [-0.25, -0.2) is 4.39 Å². The first-order valence-electron chi connectivity index (χ1n) is 10.4. The second kappa shape index (κ2) is 9.45. The lowest BCUT2D eigenvalue weighted by Crippen LogP contribution is -2.38. The molecule has 4 aromatic rings. The van der Waals surface area contributed by atoms with Gasteiger partial charge in [0.25, 0.3) is 0 Å². The highest BCUT2D eigenvalue weighted by Crippen LogP contribution is 2.23. The summed E-state index contributed by atoms with van der Waals surface area (Å²) in [6.45, 7) is -0.583. The van der Waals surface area contributed by atoms with Gasteiger partial charge in [-0.3, -0.25) is 19.2 Å². The number of fused-ring (bicyclic) bond motifs is 2. The van der Waals surface area contributed by atoms with Crippen LogP contribution < -0.4 is 10.2 Å². The van der Waals surface area contributed by atoms with E-state index in [4.69, 9.17) is 4.74 Å². The lowest BCUT2D eigenvalue weighted by Gasteiger charge is -2.20. The monoisotopic (exact) mass is 485 g/mol. The Morgan fingerprint density at radius 3 is 2.62 bits per heavy atom. The maximum absolute atomic E-state index is 13.8. The third-order valence-corrected chi connectivity index (χ3v) is 6.84. The van der Waals surface area contributed by atoms with E-state index in [1.807, 2.05) is 6.20 Å². The topological polar surface area (TPSA) is 106 Å². The average molecular weight is 486 g/mol. The van der Waals surface area contributed by atoms with Crippen molar-refractivity contribution < 1.29 is 17.5 Å². The van der Waals surface area contributed by atoms with Gasteiger partial charge in [0.1, 0.15) is 6.17 Å². The third kappa shape index (κ3) is 4.91. The Bertz CT molecular complexity index is 1520. The van der Waals surface area contributed by atoms with E-state index >= 15 is 0 Å². The number of hydrogen-bond acceptors (Lipinski definition) is 6. The van der Waals surface area contributed by atoms with Crippen molar-refractivity contribution in [1.29, 1.82) is 0 Å². The zero-order valence-electron chi connectivity index (χ0n) is 18.9. The largest absolute Gasteiger partial charge is 0.382 e. The zero-order valence-corrected chi connectivity index (χ0v) is 19.7. The normalized spacial score (nSPS) is 13.0. The van der Waals surface area contributed by atoms with E-state index in [1.54, 1.807) is 54.5 Å². The summed E-state index contributed by atoms with van der Waals surface area (Å²) in [6, 6.07) is 9.94. The predicted octanol–water partition coefficient (Wildman–Crippen LogP) is 2.72. The summed E-state index contributed by atoms with van der Waals surface area (Å²) in [5.74, 6) is 0. The van der Waals surface area contributed by atoms with Gasteiger partial charge in [-0.15, -0.1) is 0 Å². The summed E-state index contributed by atoms with van der Waals surface area (Å²) in [5, 5.41) is 5.51. The summed E-state index contributed by atoms with van der Waals surface area (Å²) >= 11 is 0. The minimum absolute atomic E-state index is 0.189. The summed E-state index contributed by atoms with van der Waals surface area (Å²) in [5.41, 5.74) is 1.99. The van der Waals surface area contributed by atoms with Crippen LogP contribution in [0.5, 0.6) is 0 Å². The van der Waals surface area contributed by atoms with Crippen LogP contribution >= 0.6 is 0 Å². The number of aromatic nitrogens is 3. The van der Waals surface area contributed by atoms with Gasteiger partial charge >= 0.3 is 10.2 Å². The second-order valence-corrected chi connectivity index (χ2v) is 9.74. The van der Waals surface area contributed by atoms with Crippen LogP contribution in [0.15, 0.2) is 59.8 Å². The average Bonchev–Trinajstić information content (AvgIpc) is 3.18. The van der Waals surface area contributed by atoms with E-state index in [0.717, 1.165) is 15.4 Å². The van der Waals surface area contributed by atoms with Crippen LogP contribution in [0.2, 0.25) is 0 Å². The number of halogens is 1. The van der Waals surface area contributed by atoms with Gasteiger partial charge in [-0.1, -0.05) is 12.1 Å². The number of alkyl halides is 1. The smallest absolute Gasteiger partial charge is 0.301 e. The van der Waals surface area contributed by atoms with Gasteiger partial charge in [0.05, 0.1) is 24.0 Å². The van der Waals surface area contributed by atoms with Crippen LogP contribution in [-0.2, 0) is 22.0 Å². The van der Waals surface area contributed by atoms with Gasteiger partial charge in [0.15, 0.2) is 5.43 Å². The molecule has 0 aliphatic heterocycles. The quantitative estimate of drug-likeness (QED) is 0.411. The number of rotatable bonds is 8. The fraction of sp³-hybridized carbons (Fsp3) is 0.261. The number of nitrogens with one attached hydrogen (secondary N) is 1. The van der Waals surface area contributed by atoms with Crippen molar-refractivity contribution in [3.05, 3.63) is 65.2 Å². The molecule has 0 saturated heterocycles. The fourth-order valence-corrected chi connectivity index (χ4v) is 4.57. The molecule has 0 amide bonds. The minimum atomic E-state index is -4.04. The van der Waals surface area contributed by atoms with Crippen LogP contribution in [-0.4, -0.2) is 61.0 Å². The van der Waals surface area contributed by atoms with Gasteiger partial charge < -0.3 is 4.74 Å². The summed E-state index contributed by atoms with van der Waals surface area (Å²) in [4.78, 5) is 17.9. The maximum atomic E-state index is 13.8. The molecule has 0 spiro atoms. The van der Waals surface area contributed by atoms with Crippen molar-refractivity contribution in [2.75, 3.05) is 32.0 Å². The van der Waals surface area contributed by atoms with Crippen LogP contribution in [0, 0.1) is 0 Å². The molecule has 0 fully saturated rings. The molecule has 1 unspecified atom stereocenters. The van der Waals surface area contributed by atoms with Gasteiger partial charge in [-0.2, -0.15) is 17.8 Å². The fourth-order valence-electron chi connectivity index (χ4n) is 3.63. The van der Waals surface area contributed by atoms with E-state index in [-0.39, 0.29) is 24.3 Å². The molecule has 9 nitrogen and oxygen atoms in total. The van der Waals surface area contributed by atoms with Crippen LogP contribution in [0.3, 0.4) is 0 Å². The number of pyridine rings is 1. The zero-order chi connectivity index (χ0) is 24.5. The highest BCUT2D eigenvalue weighted by Gasteiger charge is 2.22. The van der Waals surface area contributed by atoms with Crippen molar-refractivity contribution >= 4 is 37.6 Å². The molecule has 1 N–H and O–H groups in total. The van der Waals surface area contributed by atoms with Crippen molar-refractivity contribution in [1.82, 2.24) is 19.1 Å². The molecule has 2 heterocycles. The molecular weight excluding hydrogens is 461 g/mol. The lowest BCUT2D eigenvalue weighted by atomic mass is 10.1. The van der Waals surface area contributed by atoms with E-state index in [9.17, 15) is 17.6 Å². The Kier molecular flexibility index (Phi) is 6.60. The Labute approximate surface area is 196 Å². The number of hydrogen-bond donors (Lipinski definition) is 1. The Balaban J connectivity index is 1.74. The molecule has 34 heavy (non-hydrogen) atoms. The number of nitrogens with zero attached hydrogens (tertiary/aromatic N) is 4. The number of methoxy groups -OCH3 is 1. The number of benzene rings is 1. The van der Waals surface area contributed by atoms with Crippen LogP contribution in [0.25, 0.3) is 32.8 Å². The van der Waals surface area contributed by atoms with E-state index in [2.05, 4.69) is 14.8 Å². The molecule has 1 atom stereocenters. The predicted molar refractivity (Wildman–Crippen MR) is 130 cm³/mol. The molecule has 2 aromatic carbocycles. The van der Waals surface area contributed by atoms with Crippen molar-refractivity contribution in [2.45, 2.75) is 6.17 Å². The molecule has 0 radical (unpaired) electrons. The lowest BCUT2D eigenvalue weighted by molar-refractivity contribution is 0.114. The van der Waals surface area contributed by atoms with Crippen LogP contribution in [0.1, 0.15) is 0 Å². The first kappa shape index (κ1) is 23.7. The molecule has 0 aliphatic carbocycles. The van der Waals surface area contributed by atoms with Crippen molar-refractivity contribution in [2.24, 2.45) is 7.05 Å². The van der Waals surface area contributed by atoms with Crippen molar-refractivity contribution in [3.8, 4) is 11.1 Å². The standard InChI is InChI=1S/C23H24FN5O4S/c1-28-12-17(11-26-28)16-8-21-22(25-10-16)7-5-15-4-6-19(9-20(15)23(21)30)27-34(31,32)29(2)13-18(24)14-33-3/h4-12,18,27H,13-14H2,1-3H3. The molecule has 178 valence electrons. The Morgan fingerprint density at radius 1 is 1.15 bits per heavy atom.